The minimum Gasteiger partial charge on any atom is -0.207 e. The fraction of sp³-hybridized carbons (Fsp3) is 0. The molecule has 134 valence electrons. The molecular formula is C14H12ClNO6S3. The molecule has 2 aromatic carbocycles. The van der Waals surface area contributed by atoms with Crippen molar-refractivity contribution in [2.24, 2.45) is 0 Å². The number of halogens is 1. The first-order valence-electron chi connectivity index (χ1n) is 6.51. The van der Waals surface area contributed by atoms with Crippen LogP contribution in [-0.4, -0.2) is 25.3 Å². The summed E-state index contributed by atoms with van der Waals surface area (Å²) in [7, 11) is -7.94. The molecule has 0 bridgehead atoms. The first kappa shape index (κ1) is 19.6. The summed E-state index contributed by atoms with van der Waals surface area (Å²) < 4.78 is 73.2. The number of rotatable bonds is 6. The van der Waals surface area contributed by atoms with Crippen molar-refractivity contribution in [2.45, 2.75) is 14.7 Å². The molecule has 0 radical (unpaired) electrons. The highest BCUT2D eigenvalue weighted by Gasteiger charge is 2.25. The van der Waals surface area contributed by atoms with E-state index in [-0.39, 0.29) is 4.90 Å². The van der Waals surface area contributed by atoms with Crippen molar-refractivity contribution in [1.29, 1.82) is 0 Å². The molecule has 0 aliphatic carbocycles. The molecule has 0 amide bonds. The van der Waals surface area contributed by atoms with Crippen LogP contribution in [0, 0.1) is 0 Å². The minimum absolute atomic E-state index is 0.275. The van der Waals surface area contributed by atoms with Crippen LogP contribution in [0.15, 0.2) is 69.8 Å². The van der Waals surface area contributed by atoms with Crippen LogP contribution in [0.4, 0.5) is 0 Å². The van der Waals surface area contributed by atoms with Crippen molar-refractivity contribution in [1.82, 2.24) is 4.13 Å². The molecule has 0 aliphatic rings. The molecule has 0 saturated heterocycles. The summed E-state index contributed by atoms with van der Waals surface area (Å²) in [5.74, 6) is 0. The van der Waals surface area contributed by atoms with Crippen LogP contribution in [0.2, 0.25) is 0 Å². The smallest absolute Gasteiger partial charge is 0.207 e. The Kier molecular flexibility index (Phi) is 5.40. The van der Waals surface area contributed by atoms with Crippen molar-refractivity contribution in [3.8, 4) is 0 Å². The van der Waals surface area contributed by atoms with E-state index in [9.17, 15) is 25.3 Å². The van der Waals surface area contributed by atoms with Crippen LogP contribution >= 0.6 is 10.7 Å². The van der Waals surface area contributed by atoms with Crippen molar-refractivity contribution in [2.75, 3.05) is 0 Å². The van der Waals surface area contributed by atoms with Crippen LogP contribution < -0.4 is 4.13 Å². The lowest BCUT2D eigenvalue weighted by atomic mass is 10.2. The second kappa shape index (κ2) is 6.89. The number of hydrogen-bond acceptors (Lipinski definition) is 6. The van der Waals surface area contributed by atoms with Gasteiger partial charge in [-0.2, -0.15) is 0 Å². The largest absolute Gasteiger partial charge is 0.261 e. The maximum absolute atomic E-state index is 12.3. The molecule has 0 saturated carbocycles. The lowest BCUT2D eigenvalue weighted by molar-refractivity contribution is 0.577. The van der Waals surface area contributed by atoms with Crippen LogP contribution in [0.3, 0.4) is 0 Å². The highest BCUT2D eigenvalue weighted by molar-refractivity contribution is 8.13. The molecular weight excluding hydrogens is 410 g/mol. The monoisotopic (exact) mass is 421 g/mol. The van der Waals surface area contributed by atoms with E-state index < -0.39 is 38.9 Å². The summed E-state index contributed by atoms with van der Waals surface area (Å²) >= 11 is 0. The zero-order chi connectivity index (χ0) is 18.9. The summed E-state index contributed by atoms with van der Waals surface area (Å²) in [5, 5.41) is 0. The molecule has 0 aliphatic heterocycles. The third-order valence-corrected chi connectivity index (χ3v) is 7.92. The van der Waals surface area contributed by atoms with Gasteiger partial charge in [-0.3, -0.25) is 0 Å². The number of benzene rings is 2. The zero-order valence-electron chi connectivity index (χ0n) is 12.5. The predicted octanol–water partition coefficient (Wildman–Crippen LogP) is 1.92. The summed E-state index contributed by atoms with van der Waals surface area (Å²) in [6.45, 7) is 3.53. The first-order chi connectivity index (χ1) is 11.5. The normalized spacial score (nSPS) is 12.7. The standard InChI is InChI=1S/C14H12ClNO6S3/c1-2-11-6-8-12(9-7-11)24(19,20)16-25(21,22)14-5-3-4-13(10-14)23(15,17)18/h2-10,16H,1H2. The maximum atomic E-state index is 12.3. The Morgan fingerprint density at radius 3 is 1.84 bits per heavy atom. The van der Waals surface area contributed by atoms with E-state index in [2.05, 4.69) is 6.58 Å². The fourth-order valence-electron chi connectivity index (χ4n) is 1.82. The number of nitrogens with one attached hydrogen (secondary N) is 1. The highest BCUT2D eigenvalue weighted by Crippen LogP contribution is 2.20. The SMILES string of the molecule is C=Cc1ccc(S(=O)(=O)NS(=O)(=O)c2cccc(S(=O)(=O)Cl)c2)cc1. The second-order valence-corrected chi connectivity index (χ2v) is 11.0. The van der Waals surface area contributed by atoms with Gasteiger partial charge in [0, 0.05) is 10.7 Å². The molecule has 0 fully saturated rings. The molecule has 2 aromatic rings. The highest BCUT2D eigenvalue weighted by atomic mass is 35.7. The van der Waals surface area contributed by atoms with Gasteiger partial charge in [0.1, 0.15) is 0 Å². The lowest BCUT2D eigenvalue weighted by Gasteiger charge is -2.09. The van der Waals surface area contributed by atoms with Gasteiger partial charge in [0.05, 0.1) is 14.7 Å². The van der Waals surface area contributed by atoms with Crippen molar-refractivity contribution in [3.63, 3.8) is 0 Å². The quantitative estimate of drug-likeness (QED) is 0.712. The van der Waals surface area contributed by atoms with Gasteiger partial charge in [-0.25, -0.2) is 25.3 Å². The Balaban J connectivity index is 2.42. The first-order valence-corrected chi connectivity index (χ1v) is 11.8. The van der Waals surface area contributed by atoms with E-state index in [0.717, 1.165) is 24.3 Å². The molecule has 1 N–H and O–H groups in total. The third-order valence-electron chi connectivity index (χ3n) is 3.04. The Labute approximate surface area is 150 Å². The molecule has 0 atom stereocenters. The van der Waals surface area contributed by atoms with Gasteiger partial charge in [-0.15, -0.1) is 4.13 Å². The van der Waals surface area contributed by atoms with E-state index >= 15 is 0 Å². The topological polar surface area (TPSA) is 114 Å². The maximum Gasteiger partial charge on any atom is 0.261 e. The van der Waals surface area contributed by atoms with Gasteiger partial charge in [0.15, 0.2) is 0 Å². The van der Waals surface area contributed by atoms with Gasteiger partial charge in [-0.05, 0) is 35.9 Å². The Morgan fingerprint density at radius 2 is 1.32 bits per heavy atom. The van der Waals surface area contributed by atoms with Gasteiger partial charge in [0.25, 0.3) is 29.1 Å². The van der Waals surface area contributed by atoms with Gasteiger partial charge < -0.3 is 0 Å². The van der Waals surface area contributed by atoms with E-state index in [1.54, 1.807) is 4.13 Å². The van der Waals surface area contributed by atoms with E-state index in [1.165, 1.54) is 30.3 Å². The summed E-state index contributed by atoms with van der Waals surface area (Å²) in [6, 6.07) is 9.37. The summed E-state index contributed by atoms with van der Waals surface area (Å²) in [4.78, 5) is -1.30. The van der Waals surface area contributed by atoms with Crippen LogP contribution in [0.25, 0.3) is 6.08 Å². The van der Waals surface area contributed by atoms with Gasteiger partial charge in [-0.1, -0.05) is 30.9 Å². The number of sulfonamides is 2. The van der Waals surface area contributed by atoms with Crippen molar-refractivity contribution >= 4 is 45.9 Å². The van der Waals surface area contributed by atoms with Crippen molar-refractivity contribution in [3.05, 3.63) is 60.7 Å². The zero-order valence-corrected chi connectivity index (χ0v) is 15.7. The molecule has 0 heterocycles. The molecule has 0 aromatic heterocycles. The molecule has 25 heavy (non-hydrogen) atoms. The van der Waals surface area contributed by atoms with E-state index in [1.807, 2.05) is 0 Å². The van der Waals surface area contributed by atoms with Crippen LogP contribution in [-0.2, 0) is 29.1 Å². The Morgan fingerprint density at radius 1 is 0.800 bits per heavy atom. The molecule has 2 rings (SSSR count). The van der Waals surface area contributed by atoms with Crippen LogP contribution in [0.1, 0.15) is 5.56 Å². The Hall–Kier alpha value is -1.72. The third kappa shape index (κ3) is 4.67. The fourth-order valence-corrected chi connectivity index (χ4v) is 5.65. The van der Waals surface area contributed by atoms with Crippen LogP contribution in [0.5, 0.6) is 0 Å². The summed E-state index contributed by atoms with van der Waals surface area (Å²) in [6.07, 6.45) is 1.50. The molecule has 0 spiro atoms. The second-order valence-electron chi connectivity index (χ2n) is 4.78. The van der Waals surface area contributed by atoms with Gasteiger partial charge in [0.2, 0.25) is 0 Å². The average Bonchev–Trinajstić information content (AvgIpc) is 2.53. The molecule has 7 nitrogen and oxygen atoms in total. The average molecular weight is 422 g/mol. The minimum atomic E-state index is -4.55. The number of hydrogen-bond donors (Lipinski definition) is 1. The predicted molar refractivity (Wildman–Crippen MR) is 93.5 cm³/mol. The van der Waals surface area contributed by atoms with E-state index in [4.69, 9.17) is 10.7 Å². The molecule has 11 heteroatoms. The lowest BCUT2D eigenvalue weighted by Crippen LogP contribution is -2.30. The van der Waals surface area contributed by atoms with Crippen molar-refractivity contribution < 1.29 is 25.3 Å². The molecule has 0 unspecified atom stereocenters. The Bertz CT molecular complexity index is 1120. The van der Waals surface area contributed by atoms with Gasteiger partial charge >= 0.3 is 0 Å². The van der Waals surface area contributed by atoms with E-state index in [0.29, 0.717) is 5.56 Å². The summed E-state index contributed by atoms with van der Waals surface area (Å²) in [5.41, 5.74) is 0.654.